The number of guanidine groups is 1. The van der Waals surface area contributed by atoms with Gasteiger partial charge < -0.3 is 0 Å². The highest BCUT2D eigenvalue weighted by molar-refractivity contribution is 7.90. The fraction of sp³-hybridized carbons (Fsp3) is 0.379. The molecule has 0 saturated heterocycles. The van der Waals surface area contributed by atoms with E-state index in [1.54, 1.807) is 6.08 Å². The van der Waals surface area contributed by atoms with Crippen LogP contribution in [-0.4, -0.2) is 57.0 Å². The number of primary sulfonamides is 1. The molecule has 0 aromatic heterocycles. The van der Waals surface area contributed by atoms with Crippen LogP contribution in [0.5, 0.6) is 0 Å². The molecule has 13 heteroatoms. The summed E-state index contributed by atoms with van der Waals surface area (Å²) in [5.74, 6) is -0.218. The van der Waals surface area contributed by atoms with Crippen molar-refractivity contribution in [2.24, 2.45) is 15.2 Å². The van der Waals surface area contributed by atoms with Crippen molar-refractivity contribution in [3.8, 4) is 0 Å². The Morgan fingerprint density at radius 3 is 2.33 bits per heavy atom. The van der Waals surface area contributed by atoms with Gasteiger partial charge in [0.15, 0.2) is 0 Å². The highest BCUT2D eigenvalue weighted by atomic mass is 35.5. The predicted octanol–water partition coefficient (Wildman–Crippen LogP) is 4.64. The van der Waals surface area contributed by atoms with Gasteiger partial charge >= 0.3 is 0 Å². The second kappa shape index (κ2) is 11.9. The third-order valence-corrected chi connectivity index (χ3v) is 10.7. The number of rotatable bonds is 6. The highest BCUT2D eigenvalue weighted by Crippen LogP contribution is 2.34. The molecule has 0 radical (unpaired) electrons. The lowest BCUT2D eigenvalue weighted by molar-refractivity contribution is 0.259. The van der Waals surface area contributed by atoms with Crippen molar-refractivity contribution in [2.75, 3.05) is 6.54 Å². The van der Waals surface area contributed by atoms with Crippen molar-refractivity contribution in [3.05, 3.63) is 89.0 Å². The molecule has 42 heavy (non-hydrogen) atoms. The molecular formula is C29H33ClFN5O4S2. The summed E-state index contributed by atoms with van der Waals surface area (Å²) in [7, 11) is -7.75. The largest absolute Gasteiger partial charge is 0.264 e. The third kappa shape index (κ3) is 7.11. The maximum Gasteiger partial charge on any atom is 0.264 e. The van der Waals surface area contributed by atoms with E-state index in [0.717, 1.165) is 11.1 Å². The molecule has 2 aliphatic carbocycles. The first-order chi connectivity index (χ1) is 19.8. The second-order valence-corrected chi connectivity index (χ2v) is 15.0. The fourth-order valence-electron chi connectivity index (χ4n) is 5.35. The first kappa shape index (κ1) is 30.4. The maximum atomic E-state index is 14.6. The zero-order chi connectivity index (χ0) is 30.1. The molecule has 0 amide bonds. The lowest BCUT2D eigenvalue weighted by atomic mass is 9.86. The number of nitrogens with two attached hydrogens (primary N) is 1. The van der Waals surface area contributed by atoms with Crippen molar-refractivity contribution in [1.82, 2.24) is 9.73 Å². The van der Waals surface area contributed by atoms with Crippen molar-refractivity contribution in [1.29, 1.82) is 0 Å². The lowest BCUT2D eigenvalue weighted by Crippen LogP contribution is -2.42. The zero-order valence-corrected chi connectivity index (χ0v) is 25.4. The summed E-state index contributed by atoms with van der Waals surface area (Å²) in [4.78, 5) is 4.78. The van der Waals surface area contributed by atoms with Gasteiger partial charge in [-0.15, -0.1) is 0 Å². The monoisotopic (exact) mass is 633 g/mol. The predicted molar refractivity (Wildman–Crippen MR) is 163 cm³/mol. The molecular weight excluding hydrogens is 601 g/mol. The molecule has 9 nitrogen and oxygen atoms in total. The van der Waals surface area contributed by atoms with Gasteiger partial charge in [0.25, 0.3) is 10.0 Å². The summed E-state index contributed by atoms with van der Waals surface area (Å²) < 4.78 is 67.9. The maximum absolute atomic E-state index is 14.6. The number of nitrogens with zero attached hydrogens (tertiary/aromatic N) is 3. The topological polar surface area (TPSA) is 134 Å². The van der Waals surface area contributed by atoms with E-state index >= 15 is 0 Å². The molecule has 2 aromatic carbocycles. The number of halogens is 2. The summed E-state index contributed by atoms with van der Waals surface area (Å²) in [6.45, 7) is 1.79. The Labute approximate surface area is 251 Å². The van der Waals surface area contributed by atoms with E-state index < -0.39 is 31.0 Å². The molecule has 3 N–H and O–H groups in total. The van der Waals surface area contributed by atoms with Crippen LogP contribution in [0.1, 0.15) is 50.5 Å². The summed E-state index contributed by atoms with van der Waals surface area (Å²) in [6, 6.07) is 15.1. The normalized spacial score (nSPS) is 27.0. The number of sulfonamides is 2. The Kier molecular flexibility index (Phi) is 8.62. The molecule has 1 unspecified atom stereocenters. The van der Waals surface area contributed by atoms with E-state index in [9.17, 15) is 21.2 Å². The van der Waals surface area contributed by atoms with E-state index in [1.165, 1.54) is 42.3 Å². The Balaban J connectivity index is 1.51. The average molecular weight is 634 g/mol. The van der Waals surface area contributed by atoms with E-state index in [2.05, 4.69) is 4.72 Å². The van der Waals surface area contributed by atoms with Gasteiger partial charge in [0.05, 0.1) is 28.4 Å². The summed E-state index contributed by atoms with van der Waals surface area (Å²) >= 11 is 5.97. The molecule has 224 valence electrons. The number of nitrogens with one attached hydrogen (secondary N) is 1. The van der Waals surface area contributed by atoms with E-state index in [4.69, 9.17) is 26.8 Å². The number of allylic oxidation sites excluding steroid dienone is 4. The third-order valence-electron chi connectivity index (χ3n) is 7.75. The van der Waals surface area contributed by atoms with Crippen molar-refractivity contribution in [2.45, 2.75) is 66.8 Å². The minimum absolute atomic E-state index is 0.000645. The SMILES string of the molecule is CC1(F)C=CC(C2=NN(C(=NC3CCC(S(N)(=O)=O)CC3)NS(=O)(=O)c3ccc(Cl)cc3)C[C@@H]2c2ccccc2)=CC1. The fourth-order valence-corrected chi connectivity index (χ4v) is 7.42. The Morgan fingerprint density at radius 1 is 1.07 bits per heavy atom. The summed E-state index contributed by atoms with van der Waals surface area (Å²) in [6.07, 6.45) is 6.71. The quantitative estimate of drug-likeness (QED) is 0.353. The van der Waals surface area contributed by atoms with Crippen LogP contribution in [0.3, 0.4) is 0 Å². The minimum atomic E-state index is -4.08. The van der Waals surface area contributed by atoms with Crippen LogP contribution in [0.4, 0.5) is 4.39 Å². The van der Waals surface area contributed by atoms with Crippen LogP contribution in [0, 0.1) is 0 Å². The molecule has 3 aliphatic rings. The van der Waals surface area contributed by atoms with Crippen LogP contribution >= 0.6 is 11.6 Å². The van der Waals surface area contributed by atoms with Crippen molar-refractivity contribution < 1.29 is 21.2 Å². The standard InChI is InChI=1S/C29H33ClFN5O4S2/c1-29(31)17-15-21(16-18-29)27-26(20-5-3-2-4-6-20)19-36(34-27)28(33-23-9-13-24(14-10-23)41(32,37)38)35-42(39,40)25-11-7-22(30)8-12-25/h2-8,11-12,15-17,23-24,26H,9-10,13-14,18-19H2,1H3,(H,33,35)(H2,32,37,38)/t23?,24?,26-,29?/m1/s1. The van der Waals surface area contributed by atoms with Crippen LogP contribution in [0.25, 0.3) is 0 Å². The van der Waals surface area contributed by atoms with Crippen LogP contribution in [0.15, 0.2) is 93.4 Å². The summed E-state index contributed by atoms with van der Waals surface area (Å²) in [5, 5.41) is 11.5. The van der Waals surface area contributed by atoms with E-state index in [0.29, 0.717) is 36.4 Å². The van der Waals surface area contributed by atoms with Crippen LogP contribution < -0.4 is 9.86 Å². The van der Waals surface area contributed by atoms with Gasteiger partial charge in [-0.1, -0.05) is 54.1 Å². The van der Waals surface area contributed by atoms with Crippen molar-refractivity contribution >= 4 is 43.3 Å². The number of aliphatic imine (C=N–C) groups is 1. The van der Waals surface area contributed by atoms with Gasteiger partial charge in [-0.3, -0.25) is 0 Å². The smallest absolute Gasteiger partial charge is 0.248 e. The second-order valence-electron chi connectivity index (χ2n) is 11.0. The summed E-state index contributed by atoms with van der Waals surface area (Å²) in [5.41, 5.74) is 0.941. The van der Waals surface area contributed by atoms with Crippen LogP contribution in [0.2, 0.25) is 5.02 Å². The molecule has 1 heterocycles. The first-order valence-electron chi connectivity index (χ1n) is 13.7. The van der Waals surface area contributed by atoms with Gasteiger partial charge in [0.1, 0.15) is 5.67 Å². The van der Waals surface area contributed by atoms with Gasteiger partial charge in [0, 0.05) is 17.4 Å². The minimum Gasteiger partial charge on any atom is -0.248 e. The van der Waals surface area contributed by atoms with Gasteiger partial charge in [-0.05, 0) is 74.1 Å². The average Bonchev–Trinajstić information content (AvgIpc) is 3.39. The molecule has 0 spiro atoms. The van der Waals surface area contributed by atoms with Crippen molar-refractivity contribution in [3.63, 3.8) is 0 Å². The lowest BCUT2D eigenvalue weighted by Gasteiger charge is -2.27. The number of alkyl halides is 1. The molecule has 0 bridgehead atoms. The Hall–Kier alpha value is -3.06. The van der Waals surface area contributed by atoms with Gasteiger partial charge in [-0.2, -0.15) is 5.10 Å². The molecule has 1 aliphatic heterocycles. The molecule has 5 rings (SSSR count). The Bertz CT molecular complexity index is 1650. The molecule has 1 saturated carbocycles. The Morgan fingerprint density at radius 2 is 1.74 bits per heavy atom. The number of hydrogen-bond acceptors (Lipinski definition) is 6. The number of hydrazone groups is 1. The first-order valence-corrected chi connectivity index (χ1v) is 17.2. The number of benzene rings is 2. The highest BCUT2D eigenvalue weighted by Gasteiger charge is 2.36. The number of hydrogen-bond donors (Lipinski definition) is 2. The molecule has 1 fully saturated rings. The molecule has 2 aromatic rings. The van der Waals surface area contributed by atoms with Crippen LogP contribution in [-0.2, 0) is 20.0 Å². The molecule has 2 atom stereocenters. The van der Waals surface area contributed by atoms with E-state index in [1.807, 2.05) is 36.4 Å². The van der Waals surface area contributed by atoms with Gasteiger partial charge in [-0.25, -0.2) is 41.1 Å². The van der Waals surface area contributed by atoms with Gasteiger partial charge in [0.2, 0.25) is 16.0 Å². The van der Waals surface area contributed by atoms with E-state index in [-0.39, 0.29) is 35.8 Å². The zero-order valence-electron chi connectivity index (χ0n) is 23.0.